The van der Waals surface area contributed by atoms with E-state index in [-0.39, 0.29) is 9.79 Å². The Hall–Kier alpha value is -4.43. The van der Waals surface area contributed by atoms with Crippen LogP contribution < -0.4 is 9.80 Å². The van der Waals surface area contributed by atoms with Gasteiger partial charge in [0.05, 0.1) is 43.9 Å². The molecule has 0 atom stereocenters. The van der Waals surface area contributed by atoms with Crippen LogP contribution >= 0.6 is 23.5 Å². The Morgan fingerprint density at radius 2 is 0.605 bits per heavy atom. The number of hydrogen-bond donors (Lipinski definition) is 0. The average Bonchev–Trinajstić information content (AvgIpc) is 3.06. The molecule has 0 saturated carbocycles. The van der Waals surface area contributed by atoms with Gasteiger partial charge in [0.15, 0.2) is 0 Å². The van der Waals surface area contributed by atoms with Gasteiger partial charge in [-0.05, 0) is 72.8 Å². The zero-order chi connectivity index (χ0) is 29.0. The molecule has 0 aliphatic carbocycles. The lowest BCUT2D eigenvalue weighted by Crippen LogP contribution is -2.20. The monoisotopic (exact) mass is 612 g/mol. The summed E-state index contributed by atoms with van der Waals surface area (Å²) < 4.78 is 29.9. The van der Waals surface area contributed by atoms with E-state index in [0.29, 0.717) is 11.4 Å². The number of nitrogens with zero attached hydrogens (tertiary/aromatic N) is 2. The molecule has 6 aromatic carbocycles. The van der Waals surface area contributed by atoms with E-state index in [1.165, 1.54) is 0 Å². The van der Waals surface area contributed by atoms with Gasteiger partial charge in [-0.2, -0.15) is 0 Å². The van der Waals surface area contributed by atoms with Crippen molar-refractivity contribution in [1.29, 1.82) is 0 Å². The summed E-state index contributed by atoms with van der Waals surface area (Å²) in [6, 6.07) is 47.3. The molecule has 0 bridgehead atoms. The maximum absolute atomic E-state index is 14.9. The molecule has 8 rings (SSSR count). The number of sulfone groups is 1. The number of anilines is 6. The van der Waals surface area contributed by atoms with Crippen LogP contribution in [0.5, 0.6) is 0 Å². The summed E-state index contributed by atoms with van der Waals surface area (Å²) in [5.41, 5.74) is 5.06. The Balaban J connectivity index is 1.34. The highest BCUT2D eigenvalue weighted by Crippen LogP contribution is 2.55. The van der Waals surface area contributed by atoms with Crippen molar-refractivity contribution in [3.8, 4) is 0 Å². The first kappa shape index (κ1) is 26.2. The Morgan fingerprint density at radius 3 is 0.930 bits per heavy atom. The third-order valence-electron chi connectivity index (χ3n) is 7.66. The van der Waals surface area contributed by atoms with E-state index in [9.17, 15) is 8.42 Å². The predicted molar refractivity (Wildman–Crippen MR) is 176 cm³/mol. The van der Waals surface area contributed by atoms with E-state index < -0.39 is 9.84 Å². The van der Waals surface area contributed by atoms with E-state index in [0.717, 1.165) is 42.3 Å². The van der Waals surface area contributed by atoms with Crippen LogP contribution in [0, 0.1) is 0 Å². The normalized spacial score (nSPS) is 13.5. The second kappa shape index (κ2) is 10.4. The van der Waals surface area contributed by atoms with E-state index in [4.69, 9.17) is 0 Å². The number of fused-ring (bicyclic) bond motifs is 4. The van der Waals surface area contributed by atoms with Gasteiger partial charge in [0, 0.05) is 19.6 Å². The van der Waals surface area contributed by atoms with Crippen molar-refractivity contribution in [3.63, 3.8) is 0 Å². The van der Waals surface area contributed by atoms with Crippen LogP contribution in [-0.4, -0.2) is 8.42 Å². The molecule has 6 aromatic rings. The van der Waals surface area contributed by atoms with Gasteiger partial charge in [-0.25, -0.2) is 8.42 Å². The van der Waals surface area contributed by atoms with Gasteiger partial charge >= 0.3 is 0 Å². The maximum atomic E-state index is 14.9. The molecule has 0 radical (unpaired) electrons. The summed E-state index contributed by atoms with van der Waals surface area (Å²) in [6.45, 7) is 0. The van der Waals surface area contributed by atoms with Gasteiger partial charge in [-0.3, -0.25) is 0 Å². The average molecular weight is 613 g/mol. The first-order valence-corrected chi connectivity index (χ1v) is 17.0. The molecule has 0 saturated heterocycles. The van der Waals surface area contributed by atoms with Crippen molar-refractivity contribution in [2.75, 3.05) is 9.80 Å². The van der Waals surface area contributed by atoms with Crippen LogP contribution in [0.3, 0.4) is 0 Å². The van der Waals surface area contributed by atoms with Gasteiger partial charge in [0.2, 0.25) is 9.84 Å². The molecule has 43 heavy (non-hydrogen) atoms. The number of hydrogen-bond acceptors (Lipinski definition) is 6. The van der Waals surface area contributed by atoms with Crippen molar-refractivity contribution in [1.82, 2.24) is 0 Å². The first-order chi connectivity index (χ1) is 21.1. The fourth-order valence-corrected chi connectivity index (χ4v) is 9.52. The van der Waals surface area contributed by atoms with Crippen LogP contribution in [0.1, 0.15) is 0 Å². The Labute approximate surface area is 259 Å². The van der Waals surface area contributed by atoms with Crippen molar-refractivity contribution in [2.24, 2.45) is 0 Å². The minimum atomic E-state index is -4.01. The summed E-state index contributed by atoms with van der Waals surface area (Å²) in [4.78, 5) is 8.98. The Bertz CT molecular complexity index is 1910. The lowest BCUT2D eigenvalue weighted by Gasteiger charge is -2.35. The van der Waals surface area contributed by atoms with Gasteiger partial charge in [-0.15, -0.1) is 0 Å². The quantitative estimate of drug-likeness (QED) is 0.197. The van der Waals surface area contributed by atoms with Crippen molar-refractivity contribution in [3.05, 3.63) is 146 Å². The molecule has 2 aliphatic rings. The molecule has 208 valence electrons. The summed E-state index contributed by atoms with van der Waals surface area (Å²) in [6.07, 6.45) is 0. The molecule has 0 unspecified atom stereocenters. The number of rotatable bonds is 4. The molecule has 2 aliphatic heterocycles. The Kier molecular flexibility index (Phi) is 6.33. The van der Waals surface area contributed by atoms with Crippen LogP contribution in [-0.2, 0) is 9.84 Å². The number of para-hydroxylation sites is 6. The van der Waals surface area contributed by atoms with Gasteiger partial charge in [0.25, 0.3) is 0 Å². The molecule has 7 heteroatoms. The minimum Gasteiger partial charge on any atom is -0.307 e. The predicted octanol–water partition coefficient (Wildman–Crippen LogP) is 10.4. The maximum Gasteiger partial charge on any atom is 0.210 e. The summed E-state index contributed by atoms with van der Waals surface area (Å²) in [5.74, 6) is 0. The highest BCUT2D eigenvalue weighted by molar-refractivity contribution is 8.00. The summed E-state index contributed by atoms with van der Waals surface area (Å²) in [7, 11) is -4.01. The SMILES string of the molecule is O=S(=O)(c1ccccc1N1c2ccccc2Sc2ccccc21)c1ccccc1N1c2ccccc2Sc2ccccc21. The summed E-state index contributed by atoms with van der Waals surface area (Å²) in [5, 5.41) is 0. The van der Waals surface area contributed by atoms with Crippen LogP contribution in [0.4, 0.5) is 34.1 Å². The second-order valence-corrected chi connectivity index (χ2v) is 14.2. The van der Waals surface area contributed by atoms with Gasteiger partial charge < -0.3 is 9.80 Å². The number of benzene rings is 6. The van der Waals surface area contributed by atoms with Gasteiger partial charge in [-0.1, -0.05) is 96.3 Å². The van der Waals surface area contributed by atoms with E-state index >= 15 is 0 Å². The molecular weight excluding hydrogens is 589 g/mol. The minimum absolute atomic E-state index is 0.256. The first-order valence-electron chi connectivity index (χ1n) is 13.9. The summed E-state index contributed by atoms with van der Waals surface area (Å²) >= 11 is 3.40. The van der Waals surface area contributed by atoms with E-state index in [2.05, 4.69) is 58.3 Å². The molecule has 0 amide bonds. The zero-order valence-electron chi connectivity index (χ0n) is 22.8. The molecule has 0 aromatic heterocycles. The largest absolute Gasteiger partial charge is 0.307 e. The Morgan fingerprint density at radius 1 is 0.349 bits per heavy atom. The lowest BCUT2D eigenvalue weighted by molar-refractivity contribution is 0.596. The van der Waals surface area contributed by atoms with Crippen molar-refractivity contribution in [2.45, 2.75) is 29.4 Å². The van der Waals surface area contributed by atoms with Crippen LogP contribution in [0.2, 0.25) is 0 Å². The fraction of sp³-hybridized carbons (Fsp3) is 0. The second-order valence-electron chi connectivity index (χ2n) is 10.2. The fourth-order valence-electron chi connectivity index (χ4n) is 5.79. The lowest BCUT2D eigenvalue weighted by atomic mass is 10.2. The van der Waals surface area contributed by atoms with Crippen molar-refractivity contribution >= 4 is 67.5 Å². The highest BCUT2D eigenvalue weighted by Gasteiger charge is 2.34. The highest BCUT2D eigenvalue weighted by atomic mass is 32.2. The molecule has 0 fully saturated rings. The third kappa shape index (κ3) is 4.27. The van der Waals surface area contributed by atoms with E-state index in [1.54, 1.807) is 47.8 Å². The van der Waals surface area contributed by atoms with Crippen LogP contribution in [0.25, 0.3) is 0 Å². The molecule has 2 heterocycles. The molecule has 0 N–H and O–H groups in total. The van der Waals surface area contributed by atoms with E-state index in [1.807, 2.05) is 72.8 Å². The van der Waals surface area contributed by atoms with Crippen molar-refractivity contribution < 1.29 is 8.42 Å². The molecule has 0 spiro atoms. The molecular formula is C36H24N2O2S3. The third-order valence-corrected chi connectivity index (χ3v) is 11.8. The zero-order valence-corrected chi connectivity index (χ0v) is 25.2. The topological polar surface area (TPSA) is 40.6 Å². The molecule has 4 nitrogen and oxygen atoms in total. The van der Waals surface area contributed by atoms with Gasteiger partial charge in [0.1, 0.15) is 0 Å². The smallest absolute Gasteiger partial charge is 0.210 e. The standard InChI is InChI=1S/C36H24N2O2S3/c39-43(40,35-23-11-5-17-29(35)37-25-13-1-7-19-31(25)41-32-20-8-2-14-26(32)37)36-24-12-6-18-30(36)38-27-15-3-9-21-33(27)42-34-22-10-4-16-28(34)38/h1-24H. The van der Waals surface area contributed by atoms with Crippen LogP contribution in [0.15, 0.2) is 175 Å².